The SMILES string of the molecule is O=C(Nc1cc(F)ccc1F)c1ccc2c(=O)n(-c3ccccc3)c(=S)[nH]c2c1. The van der Waals surface area contributed by atoms with E-state index in [1.807, 2.05) is 6.07 Å². The van der Waals surface area contributed by atoms with Crippen molar-refractivity contribution in [3.05, 3.63) is 99.1 Å². The van der Waals surface area contributed by atoms with Crippen molar-refractivity contribution in [2.45, 2.75) is 0 Å². The Hall–Kier alpha value is -3.65. The molecule has 0 saturated heterocycles. The van der Waals surface area contributed by atoms with Crippen LogP contribution in [0.2, 0.25) is 0 Å². The fourth-order valence-electron chi connectivity index (χ4n) is 2.96. The maximum atomic E-state index is 13.8. The number of H-pyrrole nitrogens is 1. The minimum Gasteiger partial charge on any atom is -0.331 e. The summed E-state index contributed by atoms with van der Waals surface area (Å²) in [5.74, 6) is -2.08. The van der Waals surface area contributed by atoms with Crippen molar-refractivity contribution >= 4 is 34.7 Å². The van der Waals surface area contributed by atoms with Crippen LogP contribution in [0.1, 0.15) is 10.4 Å². The first-order chi connectivity index (χ1) is 13.9. The molecule has 8 heteroatoms. The fraction of sp³-hybridized carbons (Fsp3) is 0. The Morgan fingerprint density at radius 2 is 1.76 bits per heavy atom. The zero-order valence-electron chi connectivity index (χ0n) is 14.8. The zero-order valence-corrected chi connectivity index (χ0v) is 15.6. The molecule has 0 atom stereocenters. The zero-order chi connectivity index (χ0) is 20.5. The quantitative estimate of drug-likeness (QED) is 0.487. The van der Waals surface area contributed by atoms with Gasteiger partial charge in [-0.05, 0) is 54.7 Å². The minimum absolute atomic E-state index is 0.156. The van der Waals surface area contributed by atoms with Gasteiger partial charge in [-0.15, -0.1) is 0 Å². The molecule has 2 N–H and O–H groups in total. The number of fused-ring (bicyclic) bond motifs is 1. The van der Waals surface area contributed by atoms with Gasteiger partial charge < -0.3 is 10.3 Å². The van der Waals surface area contributed by atoms with E-state index in [1.165, 1.54) is 22.8 Å². The largest absolute Gasteiger partial charge is 0.331 e. The van der Waals surface area contributed by atoms with Crippen LogP contribution in [0, 0.1) is 16.4 Å². The van der Waals surface area contributed by atoms with Gasteiger partial charge in [0.25, 0.3) is 11.5 Å². The van der Waals surface area contributed by atoms with E-state index in [0.29, 0.717) is 16.6 Å². The van der Waals surface area contributed by atoms with Crippen molar-refractivity contribution in [2.75, 3.05) is 5.32 Å². The summed E-state index contributed by atoms with van der Waals surface area (Å²) in [7, 11) is 0. The first kappa shape index (κ1) is 18.7. The van der Waals surface area contributed by atoms with Gasteiger partial charge >= 0.3 is 0 Å². The summed E-state index contributed by atoms with van der Waals surface area (Å²) in [6.45, 7) is 0. The Labute approximate surface area is 168 Å². The minimum atomic E-state index is -0.759. The van der Waals surface area contributed by atoms with E-state index in [4.69, 9.17) is 12.2 Å². The standard InChI is InChI=1S/C21H13F2N3O2S/c22-13-7-9-16(23)18(11-13)24-19(27)12-6-8-15-17(10-12)25-21(29)26(20(15)28)14-4-2-1-3-5-14/h1-11H,(H,24,27)(H,25,29). The number of carbonyl (C=O) groups is 1. The molecule has 1 heterocycles. The number of benzene rings is 3. The van der Waals surface area contributed by atoms with Crippen LogP contribution in [0.25, 0.3) is 16.6 Å². The summed E-state index contributed by atoms with van der Waals surface area (Å²) < 4.78 is 28.6. The van der Waals surface area contributed by atoms with Crippen molar-refractivity contribution in [2.24, 2.45) is 0 Å². The first-order valence-corrected chi connectivity index (χ1v) is 8.96. The van der Waals surface area contributed by atoms with E-state index in [9.17, 15) is 18.4 Å². The lowest BCUT2D eigenvalue weighted by Crippen LogP contribution is -2.21. The molecule has 1 aromatic heterocycles. The molecule has 0 bridgehead atoms. The van der Waals surface area contributed by atoms with Crippen molar-refractivity contribution in [1.82, 2.24) is 9.55 Å². The summed E-state index contributed by atoms with van der Waals surface area (Å²) in [6.07, 6.45) is 0. The highest BCUT2D eigenvalue weighted by atomic mass is 32.1. The molecule has 3 aromatic carbocycles. The Bertz CT molecular complexity index is 1360. The van der Waals surface area contributed by atoms with Gasteiger partial charge in [-0.25, -0.2) is 8.78 Å². The van der Waals surface area contributed by atoms with Crippen LogP contribution in [-0.2, 0) is 0 Å². The molecule has 0 aliphatic heterocycles. The molecule has 0 spiro atoms. The maximum absolute atomic E-state index is 13.8. The number of halogens is 2. The van der Waals surface area contributed by atoms with E-state index in [1.54, 1.807) is 24.3 Å². The van der Waals surface area contributed by atoms with E-state index in [0.717, 1.165) is 18.2 Å². The number of hydrogen-bond acceptors (Lipinski definition) is 3. The van der Waals surface area contributed by atoms with Gasteiger partial charge in [0.2, 0.25) is 0 Å². The number of hydrogen-bond donors (Lipinski definition) is 2. The lowest BCUT2D eigenvalue weighted by molar-refractivity contribution is 0.102. The Morgan fingerprint density at radius 3 is 2.52 bits per heavy atom. The lowest BCUT2D eigenvalue weighted by Gasteiger charge is -2.10. The van der Waals surface area contributed by atoms with Crippen molar-refractivity contribution < 1.29 is 13.6 Å². The molecular weight excluding hydrogens is 396 g/mol. The van der Waals surface area contributed by atoms with Crippen molar-refractivity contribution in [1.29, 1.82) is 0 Å². The van der Waals surface area contributed by atoms with Crippen LogP contribution in [0.5, 0.6) is 0 Å². The number of carbonyl (C=O) groups excluding carboxylic acids is 1. The van der Waals surface area contributed by atoms with Gasteiger partial charge in [0.1, 0.15) is 11.6 Å². The average Bonchev–Trinajstić information content (AvgIpc) is 2.71. The fourth-order valence-corrected chi connectivity index (χ4v) is 3.26. The molecule has 0 radical (unpaired) electrons. The molecule has 5 nitrogen and oxygen atoms in total. The van der Waals surface area contributed by atoms with Crippen LogP contribution < -0.4 is 10.9 Å². The summed E-state index contributed by atoms with van der Waals surface area (Å²) in [5.41, 5.74) is 0.521. The predicted octanol–water partition coefficient (Wildman–Crippen LogP) is 4.58. The molecule has 0 unspecified atom stereocenters. The highest BCUT2D eigenvalue weighted by molar-refractivity contribution is 7.71. The van der Waals surface area contributed by atoms with Crippen molar-refractivity contribution in [3.8, 4) is 5.69 Å². The Balaban J connectivity index is 1.75. The Morgan fingerprint density at radius 1 is 1.00 bits per heavy atom. The van der Waals surface area contributed by atoms with Gasteiger partial charge in [-0.3, -0.25) is 14.2 Å². The normalized spacial score (nSPS) is 10.8. The number of aromatic amines is 1. The average molecular weight is 409 g/mol. The highest BCUT2D eigenvalue weighted by Crippen LogP contribution is 2.18. The topological polar surface area (TPSA) is 66.9 Å². The maximum Gasteiger partial charge on any atom is 0.266 e. The second-order valence-corrected chi connectivity index (χ2v) is 6.63. The predicted molar refractivity (Wildman–Crippen MR) is 109 cm³/mol. The van der Waals surface area contributed by atoms with Gasteiger partial charge in [-0.2, -0.15) is 0 Å². The number of aromatic nitrogens is 2. The molecular formula is C21H13F2N3O2S. The summed E-state index contributed by atoms with van der Waals surface area (Å²) in [5, 5.41) is 2.65. The molecule has 0 fully saturated rings. The van der Waals surface area contributed by atoms with Crippen LogP contribution in [0.4, 0.5) is 14.5 Å². The molecule has 4 rings (SSSR count). The third kappa shape index (κ3) is 3.57. The number of nitrogens with zero attached hydrogens (tertiary/aromatic N) is 1. The van der Waals surface area contributed by atoms with E-state index in [2.05, 4.69) is 10.3 Å². The summed E-state index contributed by atoms with van der Waals surface area (Å²) in [6, 6.07) is 16.1. The number of para-hydroxylation sites is 1. The van der Waals surface area contributed by atoms with Gasteiger partial charge in [-0.1, -0.05) is 18.2 Å². The van der Waals surface area contributed by atoms with Gasteiger partial charge in [0.15, 0.2) is 4.77 Å². The molecule has 1 amide bonds. The second kappa shape index (κ2) is 7.40. The third-order valence-electron chi connectivity index (χ3n) is 4.35. The number of nitrogens with one attached hydrogen (secondary N) is 2. The molecule has 29 heavy (non-hydrogen) atoms. The van der Waals surface area contributed by atoms with E-state index in [-0.39, 0.29) is 21.6 Å². The number of rotatable bonds is 3. The molecule has 0 saturated carbocycles. The highest BCUT2D eigenvalue weighted by Gasteiger charge is 2.13. The lowest BCUT2D eigenvalue weighted by atomic mass is 10.1. The van der Waals surface area contributed by atoms with Crippen molar-refractivity contribution in [3.63, 3.8) is 0 Å². The summed E-state index contributed by atoms with van der Waals surface area (Å²) in [4.78, 5) is 28.3. The number of anilines is 1. The second-order valence-electron chi connectivity index (χ2n) is 6.24. The van der Waals surface area contributed by atoms with E-state index >= 15 is 0 Å². The van der Waals surface area contributed by atoms with Gasteiger partial charge in [0, 0.05) is 11.6 Å². The Kier molecular flexibility index (Phi) is 4.77. The molecule has 144 valence electrons. The van der Waals surface area contributed by atoms with Gasteiger partial charge in [0.05, 0.1) is 22.3 Å². The molecule has 0 aliphatic rings. The van der Waals surface area contributed by atoms with Crippen LogP contribution in [0.3, 0.4) is 0 Å². The smallest absolute Gasteiger partial charge is 0.266 e. The molecule has 4 aromatic rings. The van der Waals surface area contributed by atoms with Crippen LogP contribution >= 0.6 is 12.2 Å². The van der Waals surface area contributed by atoms with E-state index < -0.39 is 17.5 Å². The number of amides is 1. The first-order valence-electron chi connectivity index (χ1n) is 8.55. The monoisotopic (exact) mass is 409 g/mol. The van der Waals surface area contributed by atoms with Crippen LogP contribution in [-0.4, -0.2) is 15.5 Å². The molecule has 0 aliphatic carbocycles. The van der Waals surface area contributed by atoms with Crippen LogP contribution in [0.15, 0.2) is 71.5 Å². The summed E-state index contributed by atoms with van der Waals surface area (Å²) >= 11 is 5.31. The third-order valence-corrected chi connectivity index (χ3v) is 4.64.